The van der Waals surface area contributed by atoms with Gasteiger partial charge in [0.05, 0.1) is 18.2 Å². The average Bonchev–Trinajstić information content (AvgIpc) is 3.21. The number of hydrogen-bond acceptors (Lipinski definition) is 4. The van der Waals surface area contributed by atoms with E-state index in [1.165, 1.54) is 0 Å². The molecule has 1 aromatic carbocycles. The molecule has 0 radical (unpaired) electrons. The number of nitrogens with two attached hydrogens (primary N) is 1. The highest BCUT2D eigenvalue weighted by Gasteiger charge is 2.39. The van der Waals surface area contributed by atoms with Crippen molar-refractivity contribution < 1.29 is 23.1 Å². The minimum absolute atomic E-state index is 0.0955. The van der Waals surface area contributed by atoms with Gasteiger partial charge >= 0.3 is 0 Å². The van der Waals surface area contributed by atoms with E-state index in [0.717, 1.165) is 10.5 Å². The molecule has 9 heteroatoms. The third-order valence-corrected chi connectivity index (χ3v) is 5.46. The van der Waals surface area contributed by atoms with E-state index in [2.05, 4.69) is 4.98 Å². The first-order valence-corrected chi connectivity index (χ1v) is 9.58. The second-order valence-corrected chi connectivity index (χ2v) is 7.51. The summed E-state index contributed by atoms with van der Waals surface area (Å²) in [6.07, 6.45) is -0.272. The Morgan fingerprint density at radius 3 is 2.93 bits per heavy atom. The largest absolute Gasteiger partial charge is 0.491 e. The van der Waals surface area contributed by atoms with E-state index in [1.54, 1.807) is 13.1 Å². The molecule has 2 amide bonds. The number of benzene rings is 1. The van der Waals surface area contributed by atoms with Crippen LogP contribution in [-0.4, -0.2) is 40.4 Å². The first-order chi connectivity index (χ1) is 13.8. The lowest BCUT2D eigenvalue weighted by molar-refractivity contribution is -0.121. The molecule has 1 fully saturated rings. The van der Waals surface area contributed by atoms with Crippen LogP contribution in [0.15, 0.2) is 24.4 Å². The fourth-order valence-corrected chi connectivity index (χ4v) is 3.85. The Hall–Kier alpha value is -2.97. The Kier molecular flexibility index (Phi) is 4.97. The summed E-state index contributed by atoms with van der Waals surface area (Å²) in [7, 11) is 0. The Morgan fingerprint density at radius 1 is 1.41 bits per heavy atom. The monoisotopic (exact) mass is 404 g/mol. The number of carbonyl (C=O) groups excluding carboxylic acids is 2. The predicted octanol–water partition coefficient (Wildman–Crippen LogP) is 2.37. The number of ether oxygens (including phenoxy) is 1. The van der Waals surface area contributed by atoms with Gasteiger partial charge in [0.25, 0.3) is 6.43 Å². The second-order valence-electron chi connectivity index (χ2n) is 7.51. The maximum absolute atomic E-state index is 13.4. The zero-order valence-corrected chi connectivity index (χ0v) is 16.0. The van der Waals surface area contributed by atoms with Crippen molar-refractivity contribution in [2.45, 2.75) is 45.2 Å². The van der Waals surface area contributed by atoms with Crippen LogP contribution in [0.2, 0.25) is 0 Å². The molecule has 1 aromatic heterocycles. The highest BCUT2D eigenvalue weighted by molar-refractivity contribution is 5.95. The number of nitrogens with zero attached hydrogens (tertiary/aromatic N) is 3. The third-order valence-electron chi connectivity index (χ3n) is 5.46. The van der Waals surface area contributed by atoms with E-state index in [-0.39, 0.29) is 36.4 Å². The molecule has 4 rings (SSSR count). The summed E-state index contributed by atoms with van der Waals surface area (Å²) in [6.45, 7) is 2.61. The van der Waals surface area contributed by atoms with Crippen molar-refractivity contribution in [2.75, 3.05) is 11.5 Å². The summed E-state index contributed by atoms with van der Waals surface area (Å²) in [5.74, 6) is 0.399. The molecule has 29 heavy (non-hydrogen) atoms. The zero-order chi connectivity index (χ0) is 20.7. The van der Waals surface area contributed by atoms with Crippen molar-refractivity contribution in [1.82, 2.24) is 9.55 Å². The number of primary amides is 1. The van der Waals surface area contributed by atoms with Gasteiger partial charge in [-0.3, -0.25) is 14.5 Å². The van der Waals surface area contributed by atoms with Crippen molar-refractivity contribution >= 4 is 17.6 Å². The molecule has 2 aromatic rings. The molecule has 2 N–H and O–H groups in total. The number of aromatic nitrogens is 2. The lowest BCUT2D eigenvalue weighted by Crippen LogP contribution is -2.38. The Labute approximate surface area is 166 Å². The van der Waals surface area contributed by atoms with Crippen LogP contribution < -0.4 is 15.4 Å². The fraction of sp³-hybridized carbons (Fsp3) is 0.450. The smallest absolute Gasteiger partial charge is 0.259 e. The molecule has 2 aliphatic rings. The maximum atomic E-state index is 13.4. The quantitative estimate of drug-likeness (QED) is 0.828. The van der Waals surface area contributed by atoms with Gasteiger partial charge in [-0.05, 0) is 30.5 Å². The molecule has 0 spiro atoms. The topological polar surface area (TPSA) is 90.4 Å². The van der Waals surface area contributed by atoms with Gasteiger partial charge in [0.2, 0.25) is 11.8 Å². The lowest BCUT2D eigenvalue weighted by Gasteiger charge is -2.21. The third kappa shape index (κ3) is 3.56. The van der Waals surface area contributed by atoms with Gasteiger partial charge in [-0.15, -0.1) is 0 Å². The number of anilines is 1. The van der Waals surface area contributed by atoms with Gasteiger partial charge in [0.15, 0.2) is 5.82 Å². The van der Waals surface area contributed by atoms with Crippen LogP contribution in [0.5, 0.6) is 5.75 Å². The Bertz CT molecular complexity index is 959. The molecule has 0 saturated carbocycles. The molecule has 7 nitrogen and oxygen atoms in total. The molecule has 2 atom stereocenters. The Morgan fingerprint density at radius 2 is 2.21 bits per heavy atom. The molecule has 154 valence electrons. The van der Waals surface area contributed by atoms with Crippen molar-refractivity contribution in [3.8, 4) is 17.1 Å². The number of halogens is 2. The molecule has 0 bridgehead atoms. The molecule has 3 heterocycles. The number of hydrogen-bond donors (Lipinski definition) is 1. The van der Waals surface area contributed by atoms with Crippen LogP contribution in [0, 0.1) is 5.92 Å². The van der Waals surface area contributed by atoms with Crippen molar-refractivity contribution in [3.05, 3.63) is 30.0 Å². The Balaban J connectivity index is 1.68. The maximum Gasteiger partial charge on any atom is 0.259 e. The molecular weight excluding hydrogens is 382 g/mol. The highest BCUT2D eigenvalue weighted by atomic mass is 19.3. The normalized spacial score (nSPS) is 19.5. The van der Waals surface area contributed by atoms with Crippen LogP contribution in [0.4, 0.5) is 14.6 Å². The summed E-state index contributed by atoms with van der Waals surface area (Å²) in [4.78, 5) is 29.2. The van der Waals surface area contributed by atoms with Gasteiger partial charge in [0.1, 0.15) is 18.2 Å². The summed E-state index contributed by atoms with van der Waals surface area (Å²) < 4.78 is 34.4. The molecular formula is C20H22F2N4O3. The number of fused-ring (bicyclic) bond motifs is 3. The summed E-state index contributed by atoms with van der Waals surface area (Å²) >= 11 is 0. The van der Waals surface area contributed by atoms with Crippen molar-refractivity contribution in [3.63, 3.8) is 0 Å². The summed E-state index contributed by atoms with van der Waals surface area (Å²) in [5.41, 5.74) is 6.96. The summed E-state index contributed by atoms with van der Waals surface area (Å²) in [6, 6.07) is 4.41. The van der Waals surface area contributed by atoms with Crippen molar-refractivity contribution in [1.29, 1.82) is 0 Å². The number of amides is 2. The first-order valence-electron chi connectivity index (χ1n) is 9.58. The molecule has 0 aliphatic carbocycles. The van der Waals surface area contributed by atoms with Crippen LogP contribution in [0.3, 0.4) is 0 Å². The SMILES string of the molecule is C[C@H](Cc1ccc2c(c1)OCCn1cc(N3C(=O)CC[C@H]3C(F)F)nc1-2)C(N)=O. The minimum Gasteiger partial charge on any atom is -0.491 e. The van der Waals surface area contributed by atoms with Gasteiger partial charge in [-0.2, -0.15) is 0 Å². The van der Waals surface area contributed by atoms with Crippen molar-refractivity contribution in [2.24, 2.45) is 11.7 Å². The standard InChI is InChI=1S/C20H22F2N4O3/c1-11(19(23)28)8-12-2-3-13-15(9-12)29-7-6-25-10-16(24-20(13)25)26-14(18(21)22)4-5-17(26)27/h2-3,9-11,14,18H,4-8H2,1H3,(H2,23,28)/t11-,14+/m1/s1. The van der Waals surface area contributed by atoms with E-state index in [0.29, 0.717) is 36.7 Å². The van der Waals surface area contributed by atoms with E-state index in [9.17, 15) is 18.4 Å². The number of rotatable bonds is 5. The molecule has 2 aliphatic heterocycles. The van der Waals surface area contributed by atoms with E-state index < -0.39 is 12.5 Å². The second kappa shape index (κ2) is 7.46. The van der Waals surface area contributed by atoms with Crippen LogP contribution in [0.1, 0.15) is 25.3 Å². The van der Waals surface area contributed by atoms with Gasteiger partial charge in [-0.25, -0.2) is 13.8 Å². The van der Waals surface area contributed by atoms with E-state index in [4.69, 9.17) is 10.5 Å². The van der Waals surface area contributed by atoms with E-state index >= 15 is 0 Å². The molecule has 0 unspecified atom stereocenters. The van der Waals surface area contributed by atoms with Crippen LogP contribution >= 0.6 is 0 Å². The number of alkyl halides is 2. The van der Waals surface area contributed by atoms with Gasteiger partial charge in [-0.1, -0.05) is 13.0 Å². The summed E-state index contributed by atoms with van der Waals surface area (Å²) in [5, 5.41) is 0. The lowest BCUT2D eigenvalue weighted by atomic mass is 9.99. The van der Waals surface area contributed by atoms with Gasteiger partial charge in [0, 0.05) is 18.5 Å². The van der Waals surface area contributed by atoms with Gasteiger partial charge < -0.3 is 15.0 Å². The highest BCUT2D eigenvalue weighted by Crippen LogP contribution is 2.37. The van der Waals surface area contributed by atoms with Crippen LogP contribution in [-0.2, 0) is 22.6 Å². The first kappa shape index (κ1) is 19.4. The average molecular weight is 404 g/mol. The fourth-order valence-electron chi connectivity index (χ4n) is 3.85. The number of carbonyl (C=O) groups is 2. The minimum atomic E-state index is -2.62. The van der Waals surface area contributed by atoms with E-state index in [1.807, 2.05) is 22.8 Å². The number of imidazole rings is 1. The zero-order valence-electron chi connectivity index (χ0n) is 16.0. The molecule has 1 saturated heterocycles. The van der Waals surface area contributed by atoms with Crippen LogP contribution in [0.25, 0.3) is 11.4 Å². The predicted molar refractivity (Wildman–Crippen MR) is 102 cm³/mol.